The van der Waals surface area contributed by atoms with Crippen molar-refractivity contribution in [3.8, 4) is 11.5 Å². The third-order valence-corrected chi connectivity index (χ3v) is 4.38. The van der Waals surface area contributed by atoms with Crippen molar-refractivity contribution in [2.24, 2.45) is 0 Å². The van der Waals surface area contributed by atoms with Crippen molar-refractivity contribution in [3.63, 3.8) is 0 Å². The first-order valence-corrected chi connectivity index (χ1v) is 8.76. The van der Waals surface area contributed by atoms with E-state index in [1.807, 2.05) is 13.8 Å². The molecule has 2 aromatic carbocycles. The predicted molar refractivity (Wildman–Crippen MR) is 106 cm³/mol. The highest BCUT2D eigenvalue weighted by Crippen LogP contribution is 2.29. The Hall–Kier alpha value is -3.09. The maximum atomic E-state index is 14.6. The van der Waals surface area contributed by atoms with Crippen molar-refractivity contribution < 1.29 is 23.5 Å². The molecule has 0 saturated heterocycles. The quantitative estimate of drug-likeness (QED) is 0.761. The fourth-order valence-electron chi connectivity index (χ4n) is 2.76. The van der Waals surface area contributed by atoms with E-state index in [9.17, 15) is 14.0 Å². The molecule has 0 heterocycles. The molecule has 0 aliphatic heterocycles. The zero-order valence-electron chi connectivity index (χ0n) is 16.7. The van der Waals surface area contributed by atoms with E-state index in [2.05, 4.69) is 10.6 Å². The van der Waals surface area contributed by atoms with Crippen LogP contribution in [0.15, 0.2) is 36.4 Å². The topological polar surface area (TPSA) is 76.7 Å². The summed E-state index contributed by atoms with van der Waals surface area (Å²) in [5.74, 6) is -0.0920. The minimum Gasteiger partial charge on any atom is -0.493 e. The van der Waals surface area contributed by atoms with Gasteiger partial charge in [0.2, 0.25) is 5.91 Å². The SMILES string of the molecule is COc1ccc(C(=O)Nc2ccc(C(C)(C)CNC(C)=O)c(F)c2)cc1OC. The summed E-state index contributed by atoms with van der Waals surface area (Å²) in [6, 6.07) is 9.28. The molecule has 28 heavy (non-hydrogen) atoms. The van der Waals surface area contributed by atoms with Gasteiger partial charge in [0.05, 0.1) is 14.2 Å². The summed E-state index contributed by atoms with van der Waals surface area (Å²) in [7, 11) is 2.99. The zero-order chi connectivity index (χ0) is 20.9. The van der Waals surface area contributed by atoms with Crippen LogP contribution in [0.25, 0.3) is 0 Å². The Bertz CT molecular complexity index is 881. The Labute approximate surface area is 164 Å². The molecule has 2 aromatic rings. The Kier molecular flexibility index (Phi) is 6.62. The molecule has 0 saturated carbocycles. The first kappa shape index (κ1) is 21.2. The van der Waals surface area contributed by atoms with Gasteiger partial charge < -0.3 is 20.1 Å². The number of nitrogens with one attached hydrogen (secondary N) is 2. The summed E-state index contributed by atoms with van der Waals surface area (Å²) < 4.78 is 25.0. The lowest BCUT2D eigenvalue weighted by atomic mass is 9.84. The molecule has 0 aromatic heterocycles. The van der Waals surface area contributed by atoms with Gasteiger partial charge in [0.1, 0.15) is 5.82 Å². The molecule has 0 atom stereocenters. The second-order valence-electron chi connectivity index (χ2n) is 7.01. The van der Waals surface area contributed by atoms with Crippen LogP contribution in [-0.4, -0.2) is 32.6 Å². The number of hydrogen-bond donors (Lipinski definition) is 2. The molecule has 0 fully saturated rings. The standard InChI is InChI=1S/C21H25FN2O4/c1-13(25)23-12-21(2,3)16-8-7-15(11-17(16)22)24-20(26)14-6-9-18(27-4)19(10-14)28-5/h6-11H,12H2,1-5H3,(H,23,25)(H,24,26). The van der Waals surface area contributed by atoms with E-state index in [0.717, 1.165) is 0 Å². The minimum absolute atomic E-state index is 0.174. The second kappa shape index (κ2) is 8.73. The van der Waals surface area contributed by atoms with Crippen LogP contribution in [0.3, 0.4) is 0 Å². The van der Waals surface area contributed by atoms with Crippen molar-refractivity contribution in [2.75, 3.05) is 26.1 Å². The van der Waals surface area contributed by atoms with E-state index in [-0.39, 0.29) is 5.91 Å². The molecule has 0 bridgehead atoms. The van der Waals surface area contributed by atoms with Crippen LogP contribution < -0.4 is 20.1 Å². The maximum absolute atomic E-state index is 14.6. The molecule has 6 nitrogen and oxygen atoms in total. The normalized spacial score (nSPS) is 10.9. The number of carbonyl (C=O) groups is 2. The Morgan fingerprint density at radius 1 is 1.04 bits per heavy atom. The van der Waals surface area contributed by atoms with E-state index in [0.29, 0.717) is 34.9 Å². The van der Waals surface area contributed by atoms with Gasteiger partial charge >= 0.3 is 0 Å². The number of hydrogen-bond acceptors (Lipinski definition) is 4. The molecular weight excluding hydrogens is 363 g/mol. The summed E-state index contributed by atoms with van der Waals surface area (Å²) >= 11 is 0. The number of halogens is 1. The Balaban J connectivity index is 2.18. The average Bonchev–Trinajstić information content (AvgIpc) is 2.65. The van der Waals surface area contributed by atoms with Gasteiger partial charge in [-0.2, -0.15) is 0 Å². The third kappa shape index (κ3) is 5.00. The van der Waals surface area contributed by atoms with Crippen molar-refractivity contribution in [1.29, 1.82) is 0 Å². The van der Waals surface area contributed by atoms with Crippen LogP contribution in [0.1, 0.15) is 36.7 Å². The average molecular weight is 388 g/mol. The lowest BCUT2D eigenvalue weighted by Gasteiger charge is -2.26. The first-order valence-electron chi connectivity index (χ1n) is 8.76. The smallest absolute Gasteiger partial charge is 0.255 e. The molecule has 0 aliphatic carbocycles. The monoisotopic (exact) mass is 388 g/mol. The molecule has 150 valence electrons. The van der Waals surface area contributed by atoms with Gasteiger partial charge in [-0.1, -0.05) is 19.9 Å². The van der Waals surface area contributed by atoms with Crippen LogP contribution in [0.2, 0.25) is 0 Å². The highest BCUT2D eigenvalue weighted by Gasteiger charge is 2.25. The summed E-state index contributed by atoms with van der Waals surface area (Å²) in [6.07, 6.45) is 0. The summed E-state index contributed by atoms with van der Waals surface area (Å²) in [5.41, 5.74) is 0.539. The summed E-state index contributed by atoms with van der Waals surface area (Å²) in [4.78, 5) is 23.6. The lowest BCUT2D eigenvalue weighted by molar-refractivity contribution is -0.119. The molecule has 0 unspecified atom stereocenters. The van der Waals surface area contributed by atoms with Crippen LogP contribution >= 0.6 is 0 Å². The van der Waals surface area contributed by atoms with Gasteiger partial charge in [0, 0.05) is 30.1 Å². The molecular formula is C21H25FN2O4. The number of methoxy groups -OCH3 is 2. The van der Waals surface area contributed by atoms with E-state index < -0.39 is 17.1 Å². The second-order valence-corrected chi connectivity index (χ2v) is 7.01. The van der Waals surface area contributed by atoms with Crippen LogP contribution in [0.5, 0.6) is 11.5 Å². The highest BCUT2D eigenvalue weighted by atomic mass is 19.1. The van der Waals surface area contributed by atoms with E-state index >= 15 is 0 Å². The van der Waals surface area contributed by atoms with Gasteiger partial charge in [0.25, 0.3) is 5.91 Å². The van der Waals surface area contributed by atoms with E-state index in [1.165, 1.54) is 27.2 Å². The molecule has 2 N–H and O–H groups in total. The van der Waals surface area contributed by atoms with Crippen LogP contribution in [-0.2, 0) is 10.2 Å². The van der Waals surface area contributed by atoms with Crippen molar-refractivity contribution in [1.82, 2.24) is 5.32 Å². The molecule has 2 amide bonds. The van der Waals surface area contributed by atoms with Crippen molar-refractivity contribution in [3.05, 3.63) is 53.3 Å². The summed E-state index contributed by atoms with van der Waals surface area (Å²) in [6.45, 7) is 5.39. The molecule has 7 heteroatoms. The largest absolute Gasteiger partial charge is 0.493 e. The van der Waals surface area contributed by atoms with Gasteiger partial charge in [-0.3, -0.25) is 9.59 Å². The van der Waals surface area contributed by atoms with Crippen molar-refractivity contribution >= 4 is 17.5 Å². The van der Waals surface area contributed by atoms with E-state index in [4.69, 9.17) is 9.47 Å². The molecule has 2 rings (SSSR count). The van der Waals surface area contributed by atoms with Crippen molar-refractivity contribution in [2.45, 2.75) is 26.2 Å². The lowest BCUT2D eigenvalue weighted by Crippen LogP contribution is -2.36. The molecule has 0 radical (unpaired) electrons. The van der Waals surface area contributed by atoms with Gasteiger partial charge in [-0.05, 0) is 35.9 Å². The molecule has 0 spiro atoms. The van der Waals surface area contributed by atoms with Gasteiger partial charge in [0.15, 0.2) is 11.5 Å². The number of amides is 2. The van der Waals surface area contributed by atoms with Crippen LogP contribution in [0.4, 0.5) is 10.1 Å². The zero-order valence-corrected chi connectivity index (χ0v) is 16.7. The number of anilines is 1. The van der Waals surface area contributed by atoms with Gasteiger partial charge in [-0.15, -0.1) is 0 Å². The fourth-order valence-corrected chi connectivity index (χ4v) is 2.76. The fraction of sp³-hybridized carbons (Fsp3) is 0.333. The first-order chi connectivity index (χ1) is 13.2. The Morgan fingerprint density at radius 3 is 2.29 bits per heavy atom. The third-order valence-electron chi connectivity index (χ3n) is 4.38. The highest BCUT2D eigenvalue weighted by molar-refractivity contribution is 6.04. The van der Waals surface area contributed by atoms with E-state index in [1.54, 1.807) is 30.3 Å². The Morgan fingerprint density at radius 2 is 1.71 bits per heavy atom. The predicted octanol–water partition coefficient (Wildman–Crippen LogP) is 3.51. The minimum atomic E-state index is -0.596. The number of ether oxygens (including phenoxy) is 2. The number of carbonyl (C=O) groups excluding carboxylic acids is 2. The molecule has 0 aliphatic rings. The summed E-state index contributed by atoms with van der Waals surface area (Å²) in [5, 5.41) is 5.37. The number of rotatable bonds is 7. The maximum Gasteiger partial charge on any atom is 0.255 e. The van der Waals surface area contributed by atoms with Crippen LogP contribution in [0, 0.1) is 5.82 Å². The van der Waals surface area contributed by atoms with Gasteiger partial charge in [-0.25, -0.2) is 4.39 Å². The number of benzene rings is 2.